The van der Waals surface area contributed by atoms with Crippen molar-refractivity contribution in [3.05, 3.63) is 55.4 Å². The Hall–Kier alpha value is -3.75. The number of anilines is 2. The van der Waals surface area contributed by atoms with Gasteiger partial charge in [-0.25, -0.2) is 19.0 Å². The summed E-state index contributed by atoms with van der Waals surface area (Å²) < 4.78 is 5.24. The number of nitrogens with zero attached hydrogens (tertiary/aromatic N) is 8. The molecule has 0 bridgehead atoms. The fraction of sp³-hybridized carbons (Fsp3) is 0.0625. The van der Waals surface area contributed by atoms with E-state index in [4.69, 9.17) is 0 Å². The summed E-state index contributed by atoms with van der Waals surface area (Å²) in [5, 5.41) is 16.3. The second kappa shape index (κ2) is 5.13. The van der Waals surface area contributed by atoms with Gasteiger partial charge in [-0.05, 0) is 18.2 Å². The molecule has 0 unspecified atom stereocenters. The predicted molar refractivity (Wildman–Crippen MR) is 91.5 cm³/mol. The molecule has 0 fully saturated rings. The molecule has 0 spiro atoms. The van der Waals surface area contributed by atoms with E-state index >= 15 is 0 Å². The first-order chi connectivity index (χ1) is 12.3. The second-order valence-electron chi connectivity index (χ2n) is 5.62. The number of rotatable bonds is 3. The van der Waals surface area contributed by atoms with Crippen molar-refractivity contribution in [2.24, 2.45) is 7.05 Å². The standard InChI is InChI=1S/C16H13N9/c1-23-10-11(8-19-23)20-16-18-9-14-12(4-6-24(14)22-16)13-2-3-15-17-5-7-25(15)21-13/h2-10H,1H3,(H,20,22). The van der Waals surface area contributed by atoms with Gasteiger partial charge in [-0.2, -0.15) is 10.2 Å². The van der Waals surface area contributed by atoms with Crippen molar-refractivity contribution in [3.8, 4) is 11.3 Å². The summed E-state index contributed by atoms with van der Waals surface area (Å²) in [4.78, 5) is 8.61. The average Bonchev–Trinajstić information content (AvgIpc) is 3.33. The summed E-state index contributed by atoms with van der Waals surface area (Å²) in [5.74, 6) is 0.501. The molecule has 0 saturated carbocycles. The van der Waals surface area contributed by atoms with Crippen LogP contribution >= 0.6 is 0 Å². The number of nitrogens with one attached hydrogen (secondary N) is 1. The molecular formula is C16H13N9. The van der Waals surface area contributed by atoms with Crippen LogP contribution in [0.25, 0.3) is 22.4 Å². The van der Waals surface area contributed by atoms with Gasteiger partial charge in [-0.1, -0.05) is 0 Å². The number of imidazole rings is 1. The minimum absolute atomic E-state index is 0.501. The van der Waals surface area contributed by atoms with Crippen LogP contribution in [-0.4, -0.2) is 39.0 Å². The molecule has 0 aromatic carbocycles. The quantitative estimate of drug-likeness (QED) is 0.543. The van der Waals surface area contributed by atoms with Gasteiger partial charge in [0.25, 0.3) is 0 Å². The molecule has 5 aromatic rings. The third-order valence-corrected chi connectivity index (χ3v) is 3.91. The lowest BCUT2D eigenvalue weighted by atomic mass is 10.2. The highest BCUT2D eigenvalue weighted by Gasteiger charge is 2.10. The van der Waals surface area contributed by atoms with E-state index in [9.17, 15) is 0 Å². The molecule has 5 rings (SSSR count). The molecule has 25 heavy (non-hydrogen) atoms. The van der Waals surface area contributed by atoms with Crippen molar-refractivity contribution in [1.82, 2.24) is 39.0 Å². The lowest BCUT2D eigenvalue weighted by Crippen LogP contribution is -2.01. The van der Waals surface area contributed by atoms with Gasteiger partial charge in [0, 0.05) is 37.4 Å². The van der Waals surface area contributed by atoms with E-state index in [1.807, 2.05) is 43.8 Å². The van der Waals surface area contributed by atoms with Gasteiger partial charge in [-0.15, -0.1) is 5.10 Å². The fourth-order valence-corrected chi connectivity index (χ4v) is 2.75. The summed E-state index contributed by atoms with van der Waals surface area (Å²) in [6.07, 6.45) is 10.8. The van der Waals surface area contributed by atoms with E-state index in [0.717, 1.165) is 28.1 Å². The van der Waals surface area contributed by atoms with Gasteiger partial charge in [0.15, 0.2) is 5.65 Å². The Bertz CT molecular complexity index is 1200. The molecular weight excluding hydrogens is 318 g/mol. The molecule has 0 aliphatic rings. The Morgan fingerprint density at radius 1 is 0.960 bits per heavy atom. The molecule has 1 N–H and O–H groups in total. The van der Waals surface area contributed by atoms with Crippen LogP contribution in [0.5, 0.6) is 0 Å². The smallest absolute Gasteiger partial charge is 0.245 e. The van der Waals surface area contributed by atoms with E-state index in [1.165, 1.54) is 0 Å². The molecule has 0 saturated heterocycles. The maximum absolute atomic E-state index is 4.58. The van der Waals surface area contributed by atoms with E-state index in [0.29, 0.717) is 5.95 Å². The second-order valence-corrected chi connectivity index (χ2v) is 5.62. The Morgan fingerprint density at radius 2 is 1.92 bits per heavy atom. The lowest BCUT2D eigenvalue weighted by Gasteiger charge is -2.04. The largest absolute Gasteiger partial charge is 0.320 e. The topological polar surface area (TPSA) is 90.2 Å². The number of aryl methyl sites for hydroxylation is 1. The number of aromatic nitrogens is 8. The summed E-state index contributed by atoms with van der Waals surface area (Å²) >= 11 is 0. The van der Waals surface area contributed by atoms with Crippen LogP contribution in [0.15, 0.2) is 55.4 Å². The first-order valence-corrected chi connectivity index (χ1v) is 7.67. The Kier molecular flexibility index (Phi) is 2.80. The summed E-state index contributed by atoms with van der Waals surface area (Å²) in [6, 6.07) is 5.85. The van der Waals surface area contributed by atoms with Crippen LogP contribution in [0.3, 0.4) is 0 Å². The van der Waals surface area contributed by atoms with Crippen molar-refractivity contribution >= 4 is 22.8 Å². The van der Waals surface area contributed by atoms with Crippen LogP contribution in [0.1, 0.15) is 0 Å². The highest BCUT2D eigenvalue weighted by molar-refractivity contribution is 5.78. The molecule has 0 amide bonds. The molecule has 5 aromatic heterocycles. The van der Waals surface area contributed by atoms with E-state index < -0.39 is 0 Å². The van der Waals surface area contributed by atoms with Crippen molar-refractivity contribution in [3.63, 3.8) is 0 Å². The lowest BCUT2D eigenvalue weighted by molar-refractivity contribution is 0.768. The van der Waals surface area contributed by atoms with Gasteiger partial charge in [0.05, 0.1) is 29.3 Å². The van der Waals surface area contributed by atoms with Gasteiger partial charge < -0.3 is 5.32 Å². The van der Waals surface area contributed by atoms with Crippen LogP contribution < -0.4 is 5.32 Å². The molecule has 9 heteroatoms. The van der Waals surface area contributed by atoms with Crippen molar-refractivity contribution in [1.29, 1.82) is 0 Å². The SMILES string of the molecule is Cn1cc(Nc2ncc3c(-c4ccc5nccn5n4)ccn3n2)cn1. The minimum Gasteiger partial charge on any atom is -0.320 e. The van der Waals surface area contributed by atoms with Gasteiger partial charge in [-0.3, -0.25) is 4.68 Å². The zero-order valence-electron chi connectivity index (χ0n) is 13.3. The summed E-state index contributed by atoms with van der Waals surface area (Å²) in [7, 11) is 1.86. The van der Waals surface area contributed by atoms with E-state index in [-0.39, 0.29) is 0 Å². The van der Waals surface area contributed by atoms with Crippen LogP contribution in [0, 0.1) is 0 Å². The first-order valence-electron chi connectivity index (χ1n) is 7.67. The normalized spacial score (nSPS) is 11.4. The summed E-state index contributed by atoms with van der Waals surface area (Å²) in [5.41, 5.74) is 4.32. The number of fused-ring (bicyclic) bond motifs is 2. The minimum atomic E-state index is 0.501. The van der Waals surface area contributed by atoms with Crippen LogP contribution in [0.4, 0.5) is 11.6 Å². The Morgan fingerprint density at radius 3 is 2.80 bits per heavy atom. The number of hydrogen-bond donors (Lipinski definition) is 1. The zero-order valence-corrected chi connectivity index (χ0v) is 13.3. The maximum atomic E-state index is 4.58. The third-order valence-electron chi connectivity index (χ3n) is 3.91. The molecule has 9 nitrogen and oxygen atoms in total. The molecule has 5 heterocycles. The average molecular weight is 331 g/mol. The maximum Gasteiger partial charge on any atom is 0.245 e. The highest BCUT2D eigenvalue weighted by atomic mass is 15.3. The van der Waals surface area contributed by atoms with E-state index in [2.05, 4.69) is 30.6 Å². The van der Waals surface area contributed by atoms with Crippen LogP contribution in [0.2, 0.25) is 0 Å². The van der Waals surface area contributed by atoms with Gasteiger partial charge >= 0.3 is 0 Å². The molecule has 0 aliphatic carbocycles. The molecule has 122 valence electrons. The zero-order chi connectivity index (χ0) is 16.8. The summed E-state index contributed by atoms with van der Waals surface area (Å²) in [6.45, 7) is 0. The van der Waals surface area contributed by atoms with Gasteiger partial charge in [0.1, 0.15) is 0 Å². The fourth-order valence-electron chi connectivity index (χ4n) is 2.75. The van der Waals surface area contributed by atoms with Crippen molar-refractivity contribution in [2.75, 3.05) is 5.32 Å². The third kappa shape index (κ3) is 2.29. The van der Waals surface area contributed by atoms with Crippen molar-refractivity contribution in [2.45, 2.75) is 0 Å². The van der Waals surface area contributed by atoms with Gasteiger partial charge in [0.2, 0.25) is 5.95 Å². The Balaban J connectivity index is 1.54. The van der Waals surface area contributed by atoms with E-state index in [1.54, 1.807) is 32.3 Å². The molecule has 0 atom stereocenters. The van der Waals surface area contributed by atoms with Crippen molar-refractivity contribution < 1.29 is 0 Å². The highest BCUT2D eigenvalue weighted by Crippen LogP contribution is 2.24. The first kappa shape index (κ1) is 13.7. The molecule has 0 radical (unpaired) electrons. The predicted octanol–water partition coefficient (Wildman–Crippen LogP) is 1.92. The number of hydrogen-bond acceptors (Lipinski definition) is 6. The monoisotopic (exact) mass is 331 g/mol. The van der Waals surface area contributed by atoms with Crippen LogP contribution in [-0.2, 0) is 7.05 Å². The Labute approximate surface area is 141 Å². The molecule has 0 aliphatic heterocycles.